The number of imidazole rings is 1. The van der Waals surface area contributed by atoms with Crippen molar-refractivity contribution in [1.82, 2.24) is 9.97 Å². The van der Waals surface area contributed by atoms with Crippen molar-refractivity contribution < 1.29 is 26.0 Å². The Labute approximate surface area is 163 Å². The third kappa shape index (κ3) is 4.00. The minimum Gasteiger partial charge on any atom is -0.334 e. The molecule has 0 saturated heterocycles. The number of benzene rings is 2. The van der Waals surface area contributed by atoms with Gasteiger partial charge in [-0.2, -0.15) is 18.4 Å². The fourth-order valence-corrected chi connectivity index (χ4v) is 3.55. The van der Waals surface area contributed by atoms with Crippen LogP contribution in [0.5, 0.6) is 0 Å². The molecule has 0 bridgehead atoms. The summed E-state index contributed by atoms with van der Waals surface area (Å²) in [6, 6.07) is 9.38. The molecule has 10 heteroatoms. The van der Waals surface area contributed by atoms with Gasteiger partial charge in [-0.25, -0.2) is 17.8 Å². The normalized spacial score (nSPS) is 12.0. The molecule has 5 nitrogen and oxygen atoms in total. The van der Waals surface area contributed by atoms with Crippen molar-refractivity contribution in [3.63, 3.8) is 0 Å². The number of nitrogens with one attached hydrogen (secondary N) is 1. The molecule has 1 heterocycles. The van der Waals surface area contributed by atoms with E-state index in [2.05, 4.69) is 9.97 Å². The first-order chi connectivity index (χ1) is 13.4. The fourth-order valence-electron chi connectivity index (χ4n) is 2.82. The summed E-state index contributed by atoms with van der Waals surface area (Å²) in [6.07, 6.45) is -3.95. The number of rotatable bonds is 3. The highest BCUT2D eigenvalue weighted by Crippen LogP contribution is 2.36. The van der Waals surface area contributed by atoms with Crippen LogP contribution in [0, 0.1) is 24.1 Å². The van der Waals surface area contributed by atoms with E-state index in [0.29, 0.717) is 16.7 Å². The number of sulfone groups is 1. The van der Waals surface area contributed by atoms with E-state index in [-0.39, 0.29) is 17.0 Å². The summed E-state index contributed by atoms with van der Waals surface area (Å²) in [5.74, 6) is -2.37. The highest BCUT2D eigenvalue weighted by Gasteiger charge is 2.36. The average molecular weight is 423 g/mol. The van der Waals surface area contributed by atoms with E-state index in [9.17, 15) is 26.0 Å². The summed E-state index contributed by atoms with van der Waals surface area (Å²) in [5.41, 5.74) is 0.953. The van der Waals surface area contributed by atoms with E-state index in [0.717, 1.165) is 18.4 Å². The summed E-state index contributed by atoms with van der Waals surface area (Å²) in [7, 11) is -3.84. The van der Waals surface area contributed by atoms with Gasteiger partial charge >= 0.3 is 6.18 Å². The SMILES string of the molecule is Cc1cc(-c2[nH]c(C(F)(F)F)nc2-c2ccc(S(C)(=O)=O)c(F)c2)ccc1C#N. The van der Waals surface area contributed by atoms with Crippen LogP contribution in [0.3, 0.4) is 0 Å². The summed E-state index contributed by atoms with van der Waals surface area (Å²) < 4.78 is 77.1. The molecule has 0 aliphatic rings. The molecule has 29 heavy (non-hydrogen) atoms. The monoisotopic (exact) mass is 423 g/mol. The molecule has 0 atom stereocenters. The zero-order valence-electron chi connectivity index (χ0n) is 15.1. The Balaban J connectivity index is 2.24. The lowest BCUT2D eigenvalue weighted by atomic mass is 10.0. The molecule has 2 aromatic carbocycles. The number of hydrogen-bond acceptors (Lipinski definition) is 4. The van der Waals surface area contributed by atoms with Gasteiger partial charge in [0.25, 0.3) is 0 Å². The number of aromatic nitrogens is 2. The van der Waals surface area contributed by atoms with Crippen molar-refractivity contribution in [2.45, 2.75) is 18.0 Å². The Kier molecular flexibility index (Phi) is 4.96. The molecular weight excluding hydrogens is 410 g/mol. The van der Waals surface area contributed by atoms with Gasteiger partial charge in [-0.15, -0.1) is 0 Å². The second kappa shape index (κ2) is 7.00. The second-order valence-electron chi connectivity index (χ2n) is 6.37. The van der Waals surface area contributed by atoms with Crippen LogP contribution in [0.1, 0.15) is 17.0 Å². The number of H-pyrrole nitrogens is 1. The highest BCUT2D eigenvalue weighted by atomic mass is 32.2. The minimum atomic E-state index is -4.78. The highest BCUT2D eigenvalue weighted by molar-refractivity contribution is 7.90. The number of aromatic amines is 1. The first kappa shape index (κ1) is 20.5. The summed E-state index contributed by atoms with van der Waals surface area (Å²) in [4.78, 5) is 5.21. The van der Waals surface area contributed by atoms with Gasteiger partial charge in [0.05, 0.1) is 23.0 Å². The average Bonchev–Trinajstić information content (AvgIpc) is 3.06. The predicted molar refractivity (Wildman–Crippen MR) is 97.0 cm³/mol. The molecule has 0 radical (unpaired) electrons. The summed E-state index contributed by atoms with van der Waals surface area (Å²) >= 11 is 0. The quantitative estimate of drug-likeness (QED) is 0.629. The van der Waals surface area contributed by atoms with Crippen LogP contribution >= 0.6 is 0 Å². The molecule has 0 fully saturated rings. The van der Waals surface area contributed by atoms with Crippen molar-refractivity contribution in [3.05, 3.63) is 59.2 Å². The van der Waals surface area contributed by atoms with Gasteiger partial charge in [0.2, 0.25) is 5.82 Å². The molecular formula is C19H13F4N3O2S. The first-order valence-corrected chi connectivity index (χ1v) is 9.99. The maximum atomic E-state index is 14.3. The van der Waals surface area contributed by atoms with Crippen molar-refractivity contribution in [1.29, 1.82) is 5.26 Å². The van der Waals surface area contributed by atoms with Gasteiger partial charge in [0.1, 0.15) is 10.7 Å². The summed E-state index contributed by atoms with van der Waals surface area (Å²) in [6.45, 7) is 1.63. The minimum absolute atomic E-state index is 0.0290. The van der Waals surface area contributed by atoms with Gasteiger partial charge in [-0.1, -0.05) is 12.1 Å². The summed E-state index contributed by atoms with van der Waals surface area (Å²) in [5, 5.41) is 9.04. The third-order valence-corrected chi connectivity index (χ3v) is 5.34. The van der Waals surface area contributed by atoms with E-state index >= 15 is 0 Å². The number of aryl methyl sites for hydroxylation is 1. The fraction of sp³-hybridized carbons (Fsp3) is 0.158. The Morgan fingerprint density at radius 2 is 1.76 bits per heavy atom. The lowest BCUT2D eigenvalue weighted by Gasteiger charge is -2.07. The number of hydrogen-bond donors (Lipinski definition) is 1. The molecule has 0 aliphatic heterocycles. The van der Waals surface area contributed by atoms with Crippen LogP contribution in [0.4, 0.5) is 17.6 Å². The largest absolute Gasteiger partial charge is 0.449 e. The maximum absolute atomic E-state index is 14.3. The Morgan fingerprint density at radius 3 is 2.28 bits per heavy atom. The lowest BCUT2D eigenvalue weighted by molar-refractivity contribution is -0.144. The van der Waals surface area contributed by atoms with Crippen molar-refractivity contribution in [2.75, 3.05) is 6.26 Å². The molecule has 1 N–H and O–H groups in total. The van der Waals surface area contributed by atoms with Crippen LogP contribution in [-0.4, -0.2) is 24.6 Å². The van der Waals surface area contributed by atoms with Crippen LogP contribution < -0.4 is 0 Å². The van der Waals surface area contributed by atoms with Gasteiger partial charge in [0.15, 0.2) is 9.84 Å². The molecule has 0 saturated carbocycles. The standard InChI is InChI=1S/C19H13F4N3O2S/c1-10-7-11(3-4-13(10)9-24)16-17(26-18(25-16)19(21,22)23)12-5-6-15(14(20)8-12)29(2,27)28/h3-8H,1-2H3,(H,25,26). The molecule has 1 aromatic heterocycles. The van der Waals surface area contributed by atoms with Crippen LogP contribution in [-0.2, 0) is 16.0 Å². The van der Waals surface area contributed by atoms with Gasteiger partial charge in [-0.05, 0) is 36.8 Å². The predicted octanol–water partition coefficient (Wildman–Crippen LogP) is 4.49. The van der Waals surface area contributed by atoms with Gasteiger partial charge in [0, 0.05) is 17.4 Å². The number of nitrogens with zero attached hydrogens (tertiary/aromatic N) is 2. The van der Waals surface area contributed by atoms with E-state index in [1.165, 1.54) is 24.3 Å². The number of nitriles is 1. The molecule has 0 unspecified atom stereocenters. The smallest absolute Gasteiger partial charge is 0.334 e. The maximum Gasteiger partial charge on any atom is 0.449 e. The molecule has 0 amide bonds. The zero-order chi connectivity index (χ0) is 21.6. The topological polar surface area (TPSA) is 86.6 Å². The van der Waals surface area contributed by atoms with Crippen molar-refractivity contribution in [2.24, 2.45) is 0 Å². The third-order valence-electron chi connectivity index (χ3n) is 4.21. The molecule has 0 spiro atoms. The van der Waals surface area contributed by atoms with Crippen molar-refractivity contribution in [3.8, 4) is 28.6 Å². The number of halogens is 4. The van der Waals surface area contributed by atoms with Crippen LogP contribution in [0.15, 0.2) is 41.3 Å². The molecule has 3 rings (SSSR count). The van der Waals surface area contributed by atoms with Crippen LogP contribution in [0.2, 0.25) is 0 Å². The van der Waals surface area contributed by atoms with E-state index in [1.807, 2.05) is 6.07 Å². The van der Waals surface area contributed by atoms with Crippen molar-refractivity contribution >= 4 is 9.84 Å². The van der Waals surface area contributed by atoms with Crippen LogP contribution in [0.25, 0.3) is 22.5 Å². The Morgan fingerprint density at radius 1 is 1.10 bits per heavy atom. The van der Waals surface area contributed by atoms with E-state index < -0.39 is 32.6 Å². The van der Waals surface area contributed by atoms with E-state index in [4.69, 9.17) is 5.26 Å². The molecule has 3 aromatic rings. The molecule has 150 valence electrons. The Hall–Kier alpha value is -3.19. The first-order valence-electron chi connectivity index (χ1n) is 8.10. The molecule has 0 aliphatic carbocycles. The zero-order valence-corrected chi connectivity index (χ0v) is 15.9. The van der Waals surface area contributed by atoms with Gasteiger partial charge < -0.3 is 4.98 Å². The van der Waals surface area contributed by atoms with Gasteiger partial charge in [-0.3, -0.25) is 0 Å². The number of alkyl halides is 3. The Bertz CT molecular complexity index is 1260. The van der Waals surface area contributed by atoms with E-state index in [1.54, 1.807) is 6.92 Å². The lowest BCUT2D eigenvalue weighted by Crippen LogP contribution is -2.07. The second-order valence-corrected chi connectivity index (χ2v) is 8.35.